The highest BCUT2D eigenvalue weighted by Gasteiger charge is 2.33. The fourth-order valence-electron chi connectivity index (χ4n) is 3.78. The highest BCUT2D eigenvalue weighted by Crippen LogP contribution is 2.36. The van der Waals surface area contributed by atoms with Gasteiger partial charge < -0.3 is 4.90 Å². The monoisotopic (exact) mass is 398 g/mol. The molecule has 0 N–H and O–H groups in total. The third-order valence-electron chi connectivity index (χ3n) is 5.15. The van der Waals surface area contributed by atoms with Crippen LogP contribution in [-0.2, 0) is 6.54 Å². The van der Waals surface area contributed by atoms with Gasteiger partial charge in [0.25, 0.3) is 11.5 Å². The molecule has 1 saturated heterocycles. The number of amides is 1. The molecule has 5 rings (SSSR count). The molecule has 0 aliphatic carbocycles. The number of carbonyl (C=O) groups excluding carboxylic acids is 1. The van der Waals surface area contributed by atoms with Gasteiger partial charge in [0.2, 0.25) is 0 Å². The summed E-state index contributed by atoms with van der Waals surface area (Å²) in [5.74, 6) is 0.612. The second-order valence-electron chi connectivity index (χ2n) is 6.79. The van der Waals surface area contributed by atoms with E-state index in [2.05, 4.69) is 11.1 Å². The Labute approximate surface area is 164 Å². The van der Waals surface area contributed by atoms with Gasteiger partial charge in [-0.3, -0.25) is 14.2 Å². The number of nitrogens with zero attached hydrogens (tertiary/aromatic N) is 4. The Kier molecular flexibility index (Phi) is 4.24. The molecule has 2 aliphatic heterocycles. The molecular formula is C19H18N4O2S2. The second kappa shape index (κ2) is 6.76. The lowest BCUT2D eigenvalue weighted by Crippen LogP contribution is -2.41. The van der Waals surface area contributed by atoms with Crippen molar-refractivity contribution in [2.45, 2.75) is 37.0 Å². The number of fused-ring (bicyclic) bond motifs is 2. The van der Waals surface area contributed by atoms with Gasteiger partial charge in [0.1, 0.15) is 10.6 Å². The van der Waals surface area contributed by atoms with E-state index in [0.717, 1.165) is 40.2 Å². The maximum Gasteiger partial charge on any atom is 0.267 e. The molecule has 4 heterocycles. The number of hydrogen-bond acceptors (Lipinski definition) is 6. The van der Waals surface area contributed by atoms with Crippen LogP contribution in [0.2, 0.25) is 0 Å². The van der Waals surface area contributed by atoms with Crippen molar-refractivity contribution < 1.29 is 4.79 Å². The number of hydrogen-bond donors (Lipinski definition) is 0. The molecule has 1 fully saturated rings. The molecule has 27 heavy (non-hydrogen) atoms. The molecule has 2 aliphatic rings. The molecule has 2 aromatic heterocycles. The Hall–Kier alpha value is -2.19. The van der Waals surface area contributed by atoms with E-state index < -0.39 is 0 Å². The zero-order chi connectivity index (χ0) is 18.4. The van der Waals surface area contributed by atoms with Crippen molar-refractivity contribution in [3.8, 4) is 0 Å². The second-order valence-corrected chi connectivity index (χ2v) is 8.91. The predicted octanol–water partition coefficient (Wildman–Crippen LogP) is 3.33. The summed E-state index contributed by atoms with van der Waals surface area (Å²) in [6.07, 6.45) is 4.34. The summed E-state index contributed by atoms with van der Waals surface area (Å²) in [6.45, 7) is 1.27. The fraction of sp³-hybridized carbons (Fsp3) is 0.368. The van der Waals surface area contributed by atoms with Crippen molar-refractivity contribution in [1.29, 1.82) is 0 Å². The topological polar surface area (TPSA) is 68.1 Å². The van der Waals surface area contributed by atoms with Gasteiger partial charge in [-0.2, -0.15) is 0 Å². The largest absolute Gasteiger partial charge is 0.329 e. The molecule has 1 amide bonds. The molecule has 0 radical (unpaired) electrons. The zero-order valence-corrected chi connectivity index (χ0v) is 16.3. The van der Waals surface area contributed by atoms with Crippen LogP contribution in [0.15, 0.2) is 40.4 Å². The van der Waals surface area contributed by atoms with Gasteiger partial charge in [-0.05, 0) is 31.4 Å². The zero-order valence-electron chi connectivity index (χ0n) is 14.6. The van der Waals surface area contributed by atoms with E-state index in [-0.39, 0.29) is 23.1 Å². The van der Waals surface area contributed by atoms with Crippen LogP contribution in [0.4, 0.5) is 0 Å². The van der Waals surface area contributed by atoms with Crippen LogP contribution in [0.3, 0.4) is 0 Å². The van der Waals surface area contributed by atoms with Gasteiger partial charge in [-0.25, -0.2) is 9.97 Å². The molecule has 0 saturated carbocycles. The number of rotatable bonds is 2. The molecule has 8 heteroatoms. The number of thiazole rings is 1. The van der Waals surface area contributed by atoms with E-state index in [1.165, 1.54) is 6.20 Å². The molecule has 1 unspecified atom stereocenters. The molecule has 1 aromatic carbocycles. The predicted molar refractivity (Wildman–Crippen MR) is 106 cm³/mol. The number of thioether (sulfide) groups is 1. The van der Waals surface area contributed by atoms with Crippen molar-refractivity contribution in [2.75, 3.05) is 12.3 Å². The molecular weight excluding hydrogens is 380 g/mol. The molecule has 138 valence electrons. The molecule has 1 atom stereocenters. The van der Waals surface area contributed by atoms with Gasteiger partial charge in [-0.1, -0.05) is 23.9 Å². The molecule has 0 spiro atoms. The third kappa shape index (κ3) is 2.87. The van der Waals surface area contributed by atoms with Crippen molar-refractivity contribution in [1.82, 2.24) is 19.4 Å². The minimum atomic E-state index is -0.219. The smallest absolute Gasteiger partial charge is 0.267 e. The van der Waals surface area contributed by atoms with Crippen LogP contribution in [0, 0.1) is 0 Å². The SMILES string of the molecule is O=C(c1cnc2n(c1=O)CCS2)N1CCCCC1c1nc2ccccc2s1. The van der Waals surface area contributed by atoms with E-state index in [1.807, 2.05) is 23.1 Å². The van der Waals surface area contributed by atoms with Crippen LogP contribution in [0.25, 0.3) is 10.2 Å². The van der Waals surface area contributed by atoms with Crippen LogP contribution in [-0.4, -0.2) is 37.6 Å². The van der Waals surface area contributed by atoms with Gasteiger partial charge in [-0.15, -0.1) is 11.3 Å². The minimum absolute atomic E-state index is 0.0734. The Morgan fingerprint density at radius 1 is 1.19 bits per heavy atom. The quantitative estimate of drug-likeness (QED) is 0.620. The fourth-order valence-corrected chi connectivity index (χ4v) is 5.81. The van der Waals surface area contributed by atoms with Crippen LogP contribution in [0.5, 0.6) is 0 Å². The maximum absolute atomic E-state index is 13.3. The van der Waals surface area contributed by atoms with Crippen molar-refractivity contribution in [3.63, 3.8) is 0 Å². The number of piperidine rings is 1. The van der Waals surface area contributed by atoms with E-state index in [9.17, 15) is 9.59 Å². The Balaban J connectivity index is 1.52. The van der Waals surface area contributed by atoms with E-state index in [4.69, 9.17) is 4.98 Å². The van der Waals surface area contributed by atoms with Gasteiger partial charge in [0.15, 0.2) is 5.16 Å². The summed E-state index contributed by atoms with van der Waals surface area (Å²) in [4.78, 5) is 37.0. The maximum atomic E-state index is 13.3. The first kappa shape index (κ1) is 16.9. The Bertz CT molecular complexity index is 1060. The summed E-state index contributed by atoms with van der Waals surface area (Å²) < 4.78 is 2.75. The highest BCUT2D eigenvalue weighted by atomic mass is 32.2. The summed E-state index contributed by atoms with van der Waals surface area (Å²) in [5, 5.41) is 1.66. The standard InChI is InChI=1S/C19H18N4O2S2/c24-17(12-11-20-19-23(18(12)25)9-10-26-19)22-8-4-3-6-14(22)16-21-13-5-1-2-7-15(13)27-16/h1-2,5,7,11,14H,3-4,6,8-10H2. The lowest BCUT2D eigenvalue weighted by Gasteiger charge is -2.34. The number of para-hydroxylation sites is 1. The molecule has 3 aromatic rings. The average molecular weight is 399 g/mol. The van der Waals surface area contributed by atoms with Gasteiger partial charge in [0.05, 0.1) is 16.3 Å². The molecule has 0 bridgehead atoms. The van der Waals surface area contributed by atoms with Crippen LogP contribution < -0.4 is 5.56 Å². The van der Waals surface area contributed by atoms with Crippen molar-refractivity contribution in [2.24, 2.45) is 0 Å². The average Bonchev–Trinajstić information content (AvgIpc) is 3.35. The van der Waals surface area contributed by atoms with Crippen molar-refractivity contribution >= 4 is 39.2 Å². The highest BCUT2D eigenvalue weighted by molar-refractivity contribution is 7.99. The van der Waals surface area contributed by atoms with Crippen molar-refractivity contribution in [3.05, 3.63) is 51.4 Å². The van der Waals surface area contributed by atoms with Gasteiger partial charge >= 0.3 is 0 Å². The molecule has 6 nitrogen and oxygen atoms in total. The number of benzene rings is 1. The van der Waals surface area contributed by atoms with E-state index in [1.54, 1.807) is 27.7 Å². The van der Waals surface area contributed by atoms with Crippen LogP contribution >= 0.6 is 23.1 Å². The summed E-state index contributed by atoms with van der Waals surface area (Å²) >= 11 is 3.19. The normalized spacial score (nSPS) is 19.4. The van der Waals surface area contributed by atoms with E-state index >= 15 is 0 Å². The first-order chi connectivity index (χ1) is 13.2. The first-order valence-corrected chi connectivity index (χ1v) is 10.9. The summed E-state index contributed by atoms with van der Waals surface area (Å²) in [7, 11) is 0. The van der Waals surface area contributed by atoms with E-state index in [0.29, 0.717) is 18.2 Å². The number of aromatic nitrogens is 3. The third-order valence-corrected chi connectivity index (χ3v) is 7.25. The summed E-state index contributed by atoms with van der Waals surface area (Å²) in [6, 6.07) is 7.96. The Morgan fingerprint density at radius 2 is 2.07 bits per heavy atom. The summed E-state index contributed by atoms with van der Waals surface area (Å²) in [5.41, 5.74) is 0.921. The lowest BCUT2D eigenvalue weighted by atomic mass is 10.0. The van der Waals surface area contributed by atoms with Crippen LogP contribution in [0.1, 0.15) is 40.7 Å². The number of likely N-dealkylation sites (tertiary alicyclic amines) is 1. The Morgan fingerprint density at radius 3 is 2.96 bits per heavy atom. The number of carbonyl (C=O) groups is 1. The lowest BCUT2D eigenvalue weighted by molar-refractivity contribution is 0.0608. The minimum Gasteiger partial charge on any atom is -0.329 e. The first-order valence-electron chi connectivity index (χ1n) is 9.11. The van der Waals surface area contributed by atoms with Gasteiger partial charge in [0, 0.05) is 25.0 Å².